The van der Waals surface area contributed by atoms with Crippen molar-refractivity contribution in [3.63, 3.8) is 0 Å². The van der Waals surface area contributed by atoms with Crippen molar-refractivity contribution in [1.29, 1.82) is 0 Å². The van der Waals surface area contributed by atoms with E-state index in [4.69, 9.17) is 0 Å². The van der Waals surface area contributed by atoms with Gasteiger partial charge >= 0.3 is 0 Å². The molecular weight excluding hydrogens is 472 g/mol. The molecule has 0 unspecified atom stereocenters. The zero-order chi connectivity index (χ0) is 26.6. The molecule has 0 saturated carbocycles. The van der Waals surface area contributed by atoms with Crippen LogP contribution in [0.3, 0.4) is 0 Å². The number of benzene rings is 4. The van der Waals surface area contributed by atoms with E-state index in [0.717, 1.165) is 12.8 Å². The van der Waals surface area contributed by atoms with Gasteiger partial charge in [-0.15, -0.1) is 0 Å². The predicted octanol–water partition coefficient (Wildman–Crippen LogP) is 10.0. The first kappa shape index (κ1) is 24.9. The van der Waals surface area contributed by atoms with Crippen molar-refractivity contribution in [1.82, 2.24) is 0 Å². The Kier molecular flexibility index (Phi) is 6.15. The average molecular weight is 511 g/mol. The second-order valence-electron chi connectivity index (χ2n) is 11.8. The van der Waals surface area contributed by atoms with Crippen molar-refractivity contribution in [2.45, 2.75) is 60.1 Å². The van der Waals surface area contributed by atoms with Crippen LogP contribution in [0.4, 0.5) is 0 Å². The van der Waals surface area contributed by atoms with Crippen molar-refractivity contribution >= 4 is 20.2 Å². The Morgan fingerprint density at radius 3 is 1.45 bits per heavy atom. The Labute approximate surface area is 229 Å². The van der Waals surface area contributed by atoms with Crippen LogP contribution in [-0.2, 0) is 12.8 Å². The highest BCUT2D eigenvalue weighted by molar-refractivity contribution is 6.93. The Morgan fingerprint density at radius 2 is 1.03 bits per heavy atom. The quantitative estimate of drug-likeness (QED) is 0.234. The maximum atomic E-state index is 2.62. The van der Waals surface area contributed by atoms with Gasteiger partial charge < -0.3 is 0 Å². The molecule has 0 aliphatic heterocycles. The minimum atomic E-state index is -1.83. The molecule has 0 N–H and O–H groups in total. The second kappa shape index (κ2) is 9.40. The summed E-state index contributed by atoms with van der Waals surface area (Å²) < 4.78 is 0. The van der Waals surface area contributed by atoms with Crippen molar-refractivity contribution in [2.75, 3.05) is 0 Å². The third kappa shape index (κ3) is 4.05. The zero-order valence-corrected chi connectivity index (χ0v) is 24.7. The lowest BCUT2D eigenvalue weighted by molar-refractivity contribution is 1.19. The van der Waals surface area contributed by atoms with Crippen LogP contribution in [0.2, 0.25) is 12.6 Å². The van der Waals surface area contributed by atoms with Gasteiger partial charge in [-0.1, -0.05) is 126 Å². The monoisotopic (exact) mass is 510 g/mol. The van der Waals surface area contributed by atoms with Crippen LogP contribution in [0.1, 0.15) is 51.4 Å². The fourth-order valence-corrected chi connectivity index (χ4v) is 10.0. The summed E-state index contributed by atoms with van der Waals surface area (Å²) in [6.07, 6.45) is 7.39. The first-order valence-corrected chi connectivity index (χ1v) is 16.8. The molecule has 0 atom stereocenters. The van der Waals surface area contributed by atoms with Gasteiger partial charge in [0.15, 0.2) is 0 Å². The van der Waals surface area contributed by atoms with E-state index in [1.165, 1.54) is 72.8 Å². The summed E-state index contributed by atoms with van der Waals surface area (Å²) in [6.45, 7) is 13.9. The van der Waals surface area contributed by atoms with Crippen molar-refractivity contribution in [3.8, 4) is 22.3 Å². The summed E-state index contributed by atoms with van der Waals surface area (Å²) in [4.78, 5) is 0. The molecule has 4 aromatic carbocycles. The van der Waals surface area contributed by atoms with Crippen molar-refractivity contribution in [2.24, 2.45) is 0 Å². The zero-order valence-electron chi connectivity index (χ0n) is 23.7. The Hall–Kier alpha value is -3.42. The van der Waals surface area contributed by atoms with Gasteiger partial charge in [-0.05, 0) is 96.2 Å². The van der Waals surface area contributed by atoms with Crippen LogP contribution in [0.25, 0.3) is 34.4 Å². The van der Waals surface area contributed by atoms with E-state index in [1.807, 2.05) is 0 Å². The van der Waals surface area contributed by atoms with E-state index in [9.17, 15) is 0 Å². The Balaban J connectivity index is 1.43. The summed E-state index contributed by atoms with van der Waals surface area (Å²) in [5, 5.41) is 3.39. The van der Waals surface area contributed by atoms with Crippen LogP contribution in [0, 0.1) is 27.7 Å². The topological polar surface area (TPSA) is 0 Å². The van der Waals surface area contributed by atoms with Crippen LogP contribution in [-0.4, -0.2) is 8.07 Å². The molecule has 0 nitrogen and oxygen atoms in total. The lowest BCUT2D eigenvalue weighted by Gasteiger charge is -2.30. The maximum Gasteiger partial charge on any atom is 0.106 e. The molecule has 0 saturated heterocycles. The van der Waals surface area contributed by atoms with Gasteiger partial charge in [0, 0.05) is 0 Å². The van der Waals surface area contributed by atoms with Crippen LogP contribution in [0.15, 0.2) is 83.2 Å². The van der Waals surface area contributed by atoms with E-state index < -0.39 is 8.07 Å². The highest BCUT2D eigenvalue weighted by Crippen LogP contribution is 2.45. The van der Waals surface area contributed by atoms with Gasteiger partial charge in [0.25, 0.3) is 0 Å². The van der Waals surface area contributed by atoms with Gasteiger partial charge in [-0.25, -0.2) is 0 Å². The first-order valence-electron chi connectivity index (χ1n) is 14.1. The maximum absolute atomic E-state index is 2.62. The molecule has 0 aromatic heterocycles. The van der Waals surface area contributed by atoms with Crippen LogP contribution >= 0.6 is 0 Å². The largest absolute Gasteiger partial charge is 0.106 e. The molecule has 0 amide bonds. The molecule has 0 spiro atoms. The van der Waals surface area contributed by atoms with Crippen molar-refractivity contribution in [3.05, 3.63) is 128 Å². The second-order valence-corrected chi connectivity index (χ2v) is 16.4. The Morgan fingerprint density at radius 1 is 0.579 bits per heavy atom. The number of allylic oxidation sites excluding steroid dienone is 2. The predicted molar refractivity (Wildman–Crippen MR) is 168 cm³/mol. The lowest BCUT2D eigenvalue weighted by Crippen LogP contribution is -2.35. The fraction of sp³-hybridized carbons (Fsp3) is 0.243. The highest BCUT2D eigenvalue weighted by Gasteiger charge is 2.38. The lowest BCUT2D eigenvalue weighted by atomic mass is 9.93. The summed E-state index contributed by atoms with van der Waals surface area (Å²) in [6, 6.07) is 28.8. The number of aryl methyl sites for hydroxylation is 4. The van der Waals surface area contributed by atoms with Crippen molar-refractivity contribution < 1.29 is 0 Å². The van der Waals surface area contributed by atoms with Crippen LogP contribution < -0.4 is 0 Å². The molecular formula is C37H38Si. The third-order valence-corrected chi connectivity index (χ3v) is 14.2. The SMILES string of the molecule is CC[Si](C)(C1=Cc2c(cccc2-c2cc(C)ccc2C)C1)C1=Cc2c(cccc2-c2cc(C)ccc2C)C1. The fourth-order valence-electron chi connectivity index (χ4n) is 6.63. The van der Waals surface area contributed by atoms with E-state index in [-0.39, 0.29) is 0 Å². The van der Waals surface area contributed by atoms with Gasteiger partial charge in [0.1, 0.15) is 8.07 Å². The highest BCUT2D eigenvalue weighted by atomic mass is 28.3. The molecule has 0 fully saturated rings. The van der Waals surface area contributed by atoms with E-state index in [1.54, 1.807) is 10.4 Å². The summed E-state index contributed by atoms with van der Waals surface area (Å²) in [7, 11) is -1.83. The molecule has 6 rings (SSSR count). The van der Waals surface area contributed by atoms with Gasteiger partial charge in [0.2, 0.25) is 0 Å². The molecule has 1 heteroatoms. The number of rotatable bonds is 5. The molecule has 4 aromatic rings. The van der Waals surface area contributed by atoms with Gasteiger partial charge in [0.05, 0.1) is 0 Å². The first-order chi connectivity index (χ1) is 18.3. The Bertz CT molecular complexity index is 1530. The van der Waals surface area contributed by atoms with Crippen LogP contribution in [0.5, 0.6) is 0 Å². The van der Waals surface area contributed by atoms with E-state index >= 15 is 0 Å². The summed E-state index contributed by atoms with van der Waals surface area (Å²) >= 11 is 0. The average Bonchev–Trinajstić information content (AvgIpc) is 3.56. The normalized spacial score (nSPS) is 14.3. The molecule has 38 heavy (non-hydrogen) atoms. The molecule has 2 aliphatic rings. The van der Waals surface area contributed by atoms with Gasteiger partial charge in [-0.3, -0.25) is 0 Å². The summed E-state index contributed by atoms with van der Waals surface area (Å²) in [5.41, 5.74) is 16.8. The van der Waals surface area contributed by atoms with E-state index in [0.29, 0.717) is 0 Å². The molecule has 0 radical (unpaired) electrons. The number of hydrogen-bond acceptors (Lipinski definition) is 0. The molecule has 190 valence electrons. The third-order valence-electron chi connectivity index (χ3n) is 9.28. The molecule has 0 heterocycles. The smallest absolute Gasteiger partial charge is 0.0712 e. The number of hydrogen-bond donors (Lipinski definition) is 0. The molecule has 0 bridgehead atoms. The summed E-state index contributed by atoms with van der Waals surface area (Å²) in [5.74, 6) is 0. The molecule has 2 aliphatic carbocycles. The number of fused-ring (bicyclic) bond motifs is 2. The standard InChI is InChI=1S/C37H38Si/c1-7-38(6,30-20-28-10-8-12-32(36(28)22-30)34-18-24(2)14-16-26(34)4)31-21-29-11-9-13-33(37(29)23-31)35-19-25(3)15-17-27(35)5/h8-19,22-23H,7,20-21H2,1-6H3. The van der Waals surface area contributed by atoms with E-state index in [2.05, 4.69) is 126 Å². The minimum Gasteiger partial charge on any atom is -0.0712 e. The minimum absolute atomic E-state index is 1.10. The van der Waals surface area contributed by atoms with Gasteiger partial charge in [-0.2, -0.15) is 0 Å².